The van der Waals surface area contributed by atoms with Crippen LogP contribution in [0, 0.1) is 0 Å². The van der Waals surface area contributed by atoms with E-state index < -0.39 is 0 Å². The normalized spacial score (nSPS) is 13.9. The fourth-order valence-corrected chi connectivity index (χ4v) is 3.91. The molecule has 0 bridgehead atoms. The Kier molecular flexibility index (Phi) is 4.92. The molecule has 5 rings (SSSR count). The molecule has 4 aromatic heterocycles. The second-order valence-electron chi connectivity index (χ2n) is 7.72. The highest BCUT2D eigenvalue weighted by atomic mass is 16.3. The molecular formula is C22H24N6O2. The summed E-state index contributed by atoms with van der Waals surface area (Å²) in [4.78, 5) is 26.7. The Hall–Kier alpha value is -3.26. The van der Waals surface area contributed by atoms with Crippen LogP contribution >= 0.6 is 0 Å². The van der Waals surface area contributed by atoms with E-state index in [1.54, 1.807) is 23.2 Å². The van der Waals surface area contributed by atoms with Crippen molar-refractivity contribution in [3.63, 3.8) is 0 Å². The van der Waals surface area contributed by atoms with Gasteiger partial charge in [-0.25, -0.2) is 9.78 Å². The Labute approximate surface area is 173 Å². The van der Waals surface area contributed by atoms with Crippen molar-refractivity contribution in [1.82, 2.24) is 28.7 Å². The average Bonchev–Trinajstić information content (AvgIpc) is 3.47. The Morgan fingerprint density at radius 2 is 1.97 bits per heavy atom. The second-order valence-corrected chi connectivity index (χ2v) is 7.72. The first-order valence-electron chi connectivity index (χ1n) is 10.4. The Morgan fingerprint density at radius 1 is 1.07 bits per heavy atom. The van der Waals surface area contributed by atoms with Gasteiger partial charge < -0.3 is 9.67 Å². The van der Waals surface area contributed by atoms with E-state index in [4.69, 9.17) is 10.1 Å². The molecule has 30 heavy (non-hydrogen) atoms. The third kappa shape index (κ3) is 3.43. The van der Waals surface area contributed by atoms with E-state index >= 15 is 0 Å². The maximum atomic E-state index is 13.2. The first kappa shape index (κ1) is 18.7. The molecule has 1 fully saturated rings. The molecule has 8 heteroatoms. The van der Waals surface area contributed by atoms with E-state index in [2.05, 4.69) is 14.5 Å². The van der Waals surface area contributed by atoms with Gasteiger partial charge in [0, 0.05) is 37.8 Å². The third-order valence-electron chi connectivity index (χ3n) is 5.57. The summed E-state index contributed by atoms with van der Waals surface area (Å²) in [7, 11) is 0. The number of rotatable bonds is 8. The van der Waals surface area contributed by atoms with Crippen LogP contribution in [0.3, 0.4) is 0 Å². The molecule has 0 saturated heterocycles. The van der Waals surface area contributed by atoms with Gasteiger partial charge in [0.05, 0.1) is 29.5 Å². The summed E-state index contributed by atoms with van der Waals surface area (Å²) >= 11 is 0. The summed E-state index contributed by atoms with van der Waals surface area (Å²) in [5.41, 5.74) is 3.34. The van der Waals surface area contributed by atoms with Crippen LogP contribution in [0.4, 0.5) is 0 Å². The van der Waals surface area contributed by atoms with Crippen LogP contribution in [0.1, 0.15) is 37.5 Å². The minimum absolute atomic E-state index is 0.00945. The topological polar surface area (TPSA) is 90.8 Å². The molecule has 8 nitrogen and oxygen atoms in total. The van der Waals surface area contributed by atoms with Crippen molar-refractivity contribution in [1.29, 1.82) is 0 Å². The lowest BCUT2D eigenvalue weighted by Gasteiger charge is -2.08. The minimum atomic E-state index is -0.00945. The molecule has 0 atom stereocenters. The monoisotopic (exact) mass is 404 g/mol. The number of hydrogen-bond acceptors (Lipinski definition) is 5. The number of fused-ring (bicyclic) bond motifs is 1. The Morgan fingerprint density at radius 3 is 2.73 bits per heavy atom. The highest BCUT2D eigenvalue weighted by molar-refractivity contribution is 5.75. The lowest BCUT2D eigenvalue weighted by Crippen LogP contribution is -2.25. The molecule has 0 spiro atoms. The molecule has 0 radical (unpaired) electrons. The smallest absolute Gasteiger partial charge is 0.329 e. The van der Waals surface area contributed by atoms with Gasteiger partial charge in [-0.3, -0.25) is 19.1 Å². The van der Waals surface area contributed by atoms with Crippen molar-refractivity contribution in [2.24, 2.45) is 0 Å². The molecule has 4 aromatic rings. The summed E-state index contributed by atoms with van der Waals surface area (Å²) in [6.07, 6.45) is 10.9. The van der Waals surface area contributed by atoms with Gasteiger partial charge in [-0.2, -0.15) is 0 Å². The van der Waals surface area contributed by atoms with E-state index in [-0.39, 0.29) is 18.3 Å². The maximum absolute atomic E-state index is 13.2. The van der Waals surface area contributed by atoms with Crippen LogP contribution in [0.5, 0.6) is 0 Å². The number of pyridine rings is 2. The van der Waals surface area contributed by atoms with Crippen molar-refractivity contribution < 1.29 is 5.11 Å². The number of aromatic nitrogens is 6. The number of nitrogens with zero attached hydrogens (tertiary/aromatic N) is 6. The number of aliphatic hydroxyl groups excluding tert-OH is 1. The molecule has 4 heterocycles. The number of aliphatic hydroxyl groups is 1. The molecule has 0 amide bonds. The highest BCUT2D eigenvalue weighted by Crippen LogP contribution is 2.36. The fraction of sp³-hybridized carbons (Fsp3) is 0.364. The Balaban J connectivity index is 1.56. The SMILES string of the molecule is O=c1n(Cc2nc(-c3ccccn3)cn2CCCCO)c2cnccc2n1C1CC1. The van der Waals surface area contributed by atoms with E-state index in [9.17, 15) is 4.79 Å². The zero-order valence-electron chi connectivity index (χ0n) is 16.7. The predicted molar refractivity (Wildman–Crippen MR) is 113 cm³/mol. The average molecular weight is 404 g/mol. The van der Waals surface area contributed by atoms with Crippen LogP contribution < -0.4 is 5.69 Å². The zero-order chi connectivity index (χ0) is 20.5. The van der Waals surface area contributed by atoms with E-state index in [0.717, 1.165) is 60.5 Å². The summed E-state index contributed by atoms with van der Waals surface area (Å²) in [5, 5.41) is 9.16. The van der Waals surface area contributed by atoms with Gasteiger partial charge in [-0.05, 0) is 43.9 Å². The van der Waals surface area contributed by atoms with Gasteiger partial charge in [0.15, 0.2) is 0 Å². The lowest BCUT2D eigenvalue weighted by molar-refractivity contribution is 0.281. The lowest BCUT2D eigenvalue weighted by atomic mass is 10.3. The van der Waals surface area contributed by atoms with Crippen molar-refractivity contribution in [2.75, 3.05) is 6.61 Å². The maximum Gasteiger partial charge on any atom is 0.329 e. The molecule has 1 N–H and O–H groups in total. The number of hydrogen-bond donors (Lipinski definition) is 1. The van der Waals surface area contributed by atoms with Crippen LogP contribution in [-0.2, 0) is 13.1 Å². The van der Waals surface area contributed by atoms with Gasteiger partial charge in [-0.15, -0.1) is 0 Å². The summed E-state index contributed by atoms with van der Waals surface area (Å²) in [6, 6.07) is 7.95. The number of unbranched alkanes of at least 4 members (excludes halogenated alkanes) is 1. The van der Waals surface area contributed by atoms with Gasteiger partial charge in [0.25, 0.3) is 0 Å². The van der Waals surface area contributed by atoms with E-state index in [1.807, 2.05) is 35.0 Å². The van der Waals surface area contributed by atoms with Crippen LogP contribution in [0.15, 0.2) is 53.8 Å². The fourth-order valence-electron chi connectivity index (χ4n) is 3.91. The molecule has 0 aromatic carbocycles. The molecule has 0 aliphatic heterocycles. The van der Waals surface area contributed by atoms with Crippen LogP contribution in [0.25, 0.3) is 22.4 Å². The molecule has 1 saturated carbocycles. The van der Waals surface area contributed by atoms with Crippen LogP contribution in [0.2, 0.25) is 0 Å². The Bertz CT molecular complexity index is 1220. The van der Waals surface area contributed by atoms with Crippen molar-refractivity contribution in [3.05, 3.63) is 65.4 Å². The largest absolute Gasteiger partial charge is 0.396 e. The third-order valence-corrected chi connectivity index (χ3v) is 5.57. The quantitative estimate of drug-likeness (QED) is 0.456. The van der Waals surface area contributed by atoms with Crippen molar-refractivity contribution >= 4 is 11.0 Å². The minimum Gasteiger partial charge on any atom is -0.396 e. The van der Waals surface area contributed by atoms with Gasteiger partial charge in [0.2, 0.25) is 0 Å². The summed E-state index contributed by atoms with van der Waals surface area (Å²) in [5.74, 6) is 0.800. The van der Waals surface area contributed by atoms with Gasteiger partial charge in [-0.1, -0.05) is 6.07 Å². The van der Waals surface area contributed by atoms with Crippen molar-refractivity contribution in [2.45, 2.75) is 44.8 Å². The second kappa shape index (κ2) is 7.87. The molecular weight excluding hydrogens is 380 g/mol. The van der Waals surface area contributed by atoms with Gasteiger partial charge >= 0.3 is 5.69 Å². The summed E-state index contributed by atoms with van der Waals surface area (Å²) < 4.78 is 5.74. The first-order chi connectivity index (χ1) is 14.8. The number of imidazole rings is 2. The summed E-state index contributed by atoms with van der Waals surface area (Å²) in [6.45, 7) is 1.26. The van der Waals surface area contributed by atoms with Crippen LogP contribution in [-0.4, -0.2) is 40.4 Å². The van der Waals surface area contributed by atoms with Crippen molar-refractivity contribution in [3.8, 4) is 11.4 Å². The highest BCUT2D eigenvalue weighted by Gasteiger charge is 2.29. The molecule has 1 aliphatic carbocycles. The first-order valence-corrected chi connectivity index (χ1v) is 10.4. The van der Waals surface area contributed by atoms with Gasteiger partial charge in [0.1, 0.15) is 11.5 Å². The molecule has 154 valence electrons. The van der Waals surface area contributed by atoms with E-state index in [0.29, 0.717) is 6.54 Å². The zero-order valence-corrected chi connectivity index (χ0v) is 16.7. The predicted octanol–water partition coefficient (Wildman–Crippen LogP) is 2.61. The standard InChI is InChI=1S/C22H24N6O2/c29-12-4-3-11-26-14-18(17-5-1-2-9-24-17)25-21(26)15-27-20-13-23-10-8-19(20)28(22(27)30)16-6-7-16/h1-2,5,8-10,13-14,16,29H,3-4,6-7,11-12,15H2. The van der Waals surface area contributed by atoms with E-state index in [1.165, 1.54) is 0 Å². The number of aryl methyl sites for hydroxylation is 1. The molecule has 0 unspecified atom stereocenters. The molecule has 1 aliphatic rings.